The normalized spacial score (nSPS) is 19.3. The van der Waals surface area contributed by atoms with Gasteiger partial charge in [-0.25, -0.2) is 15.0 Å². The summed E-state index contributed by atoms with van der Waals surface area (Å²) in [5.41, 5.74) is 2.25. The monoisotopic (exact) mass is 349 g/mol. The van der Waals surface area contributed by atoms with E-state index in [4.69, 9.17) is 4.74 Å². The van der Waals surface area contributed by atoms with Crippen LogP contribution in [0.25, 0.3) is 11.2 Å². The molecule has 0 amide bonds. The van der Waals surface area contributed by atoms with Gasteiger partial charge in [-0.3, -0.25) is 4.57 Å². The van der Waals surface area contributed by atoms with Crippen molar-refractivity contribution in [3.8, 4) is 11.8 Å². The van der Waals surface area contributed by atoms with Crippen LogP contribution < -0.4 is 5.32 Å². The van der Waals surface area contributed by atoms with Crippen LogP contribution in [0, 0.1) is 11.8 Å². The van der Waals surface area contributed by atoms with Gasteiger partial charge >= 0.3 is 0 Å². The molecular formula is C19H19N5O2. The molecule has 7 heteroatoms. The minimum Gasteiger partial charge on any atom is -0.394 e. The second-order valence-corrected chi connectivity index (χ2v) is 6.06. The van der Waals surface area contributed by atoms with Crippen molar-refractivity contribution in [1.29, 1.82) is 0 Å². The van der Waals surface area contributed by atoms with E-state index in [0.717, 1.165) is 18.4 Å². The van der Waals surface area contributed by atoms with Gasteiger partial charge in [-0.2, -0.15) is 0 Å². The molecule has 1 saturated heterocycles. The fourth-order valence-electron chi connectivity index (χ4n) is 3.03. The van der Waals surface area contributed by atoms with E-state index in [-0.39, 0.29) is 18.9 Å². The molecule has 7 nitrogen and oxygen atoms in total. The van der Waals surface area contributed by atoms with Gasteiger partial charge in [-0.05, 0) is 30.9 Å². The van der Waals surface area contributed by atoms with Gasteiger partial charge in [0.05, 0.1) is 19.0 Å². The van der Waals surface area contributed by atoms with Crippen molar-refractivity contribution in [2.45, 2.75) is 25.2 Å². The number of nitrogens with zero attached hydrogens (tertiary/aromatic N) is 4. The van der Waals surface area contributed by atoms with Gasteiger partial charge in [0.2, 0.25) is 5.82 Å². The lowest BCUT2D eigenvalue weighted by Gasteiger charge is -2.14. The molecule has 0 radical (unpaired) electrons. The van der Waals surface area contributed by atoms with E-state index < -0.39 is 0 Å². The lowest BCUT2D eigenvalue weighted by atomic mass is 10.2. The van der Waals surface area contributed by atoms with E-state index in [1.54, 1.807) is 13.4 Å². The van der Waals surface area contributed by atoms with Crippen molar-refractivity contribution in [3.63, 3.8) is 0 Å². The Kier molecular flexibility index (Phi) is 4.52. The number of aliphatic hydroxyl groups is 1. The van der Waals surface area contributed by atoms with Crippen LogP contribution in [0.2, 0.25) is 0 Å². The maximum atomic E-state index is 9.30. The highest BCUT2D eigenvalue weighted by Gasteiger charge is 2.28. The van der Waals surface area contributed by atoms with Crippen molar-refractivity contribution < 1.29 is 9.84 Å². The number of benzene rings is 1. The van der Waals surface area contributed by atoms with E-state index in [9.17, 15) is 5.11 Å². The first-order valence-corrected chi connectivity index (χ1v) is 8.54. The van der Waals surface area contributed by atoms with E-state index in [2.05, 4.69) is 32.1 Å². The number of anilines is 1. The standard InChI is InChI=1S/C19H19N5O2/c1-20-18-17-19(24(12-21-17)16-10-8-14(11-25)26-16)23-15(22-18)9-7-13-5-3-2-4-6-13/h2-6,12,14,16,25H,8,10-11H2,1H3,(H,20,22,23). The van der Waals surface area contributed by atoms with E-state index in [1.165, 1.54) is 0 Å². The second kappa shape index (κ2) is 7.12. The molecule has 26 heavy (non-hydrogen) atoms. The van der Waals surface area contributed by atoms with Gasteiger partial charge in [0.15, 0.2) is 17.0 Å². The summed E-state index contributed by atoms with van der Waals surface area (Å²) in [4.78, 5) is 13.5. The maximum absolute atomic E-state index is 9.30. The Balaban J connectivity index is 1.74. The fraction of sp³-hybridized carbons (Fsp3) is 0.316. The molecule has 2 unspecified atom stereocenters. The zero-order valence-electron chi connectivity index (χ0n) is 14.4. The molecule has 0 saturated carbocycles. The van der Waals surface area contributed by atoms with Crippen molar-refractivity contribution in [2.24, 2.45) is 0 Å². The fourth-order valence-corrected chi connectivity index (χ4v) is 3.03. The van der Waals surface area contributed by atoms with Gasteiger partial charge in [0, 0.05) is 12.6 Å². The van der Waals surface area contributed by atoms with Crippen molar-refractivity contribution in [3.05, 3.63) is 48.0 Å². The SMILES string of the molecule is CNc1nc(C#Cc2ccccc2)nc2c1ncn2C1CCC(CO)O1. The summed E-state index contributed by atoms with van der Waals surface area (Å²) in [5.74, 6) is 7.15. The molecule has 1 aliphatic heterocycles. The number of fused-ring (bicyclic) bond motifs is 1. The third-order valence-corrected chi connectivity index (χ3v) is 4.35. The molecule has 1 aromatic carbocycles. The van der Waals surface area contributed by atoms with Crippen LogP contribution in [-0.4, -0.2) is 44.4 Å². The zero-order valence-corrected chi connectivity index (χ0v) is 14.4. The largest absolute Gasteiger partial charge is 0.394 e. The first-order chi connectivity index (χ1) is 12.8. The van der Waals surface area contributed by atoms with E-state index in [1.807, 2.05) is 34.9 Å². The van der Waals surface area contributed by atoms with Gasteiger partial charge in [0.25, 0.3) is 0 Å². The average Bonchev–Trinajstić information content (AvgIpc) is 3.33. The molecule has 132 valence electrons. The summed E-state index contributed by atoms with van der Waals surface area (Å²) >= 11 is 0. The highest BCUT2D eigenvalue weighted by atomic mass is 16.5. The number of imidazole rings is 1. The quantitative estimate of drug-likeness (QED) is 0.703. The molecule has 0 spiro atoms. The van der Waals surface area contributed by atoms with Gasteiger partial charge in [-0.1, -0.05) is 24.1 Å². The number of rotatable bonds is 3. The topological polar surface area (TPSA) is 85.1 Å². The Hall–Kier alpha value is -2.95. The predicted molar refractivity (Wildman–Crippen MR) is 97.5 cm³/mol. The molecule has 3 heterocycles. The lowest BCUT2D eigenvalue weighted by Crippen LogP contribution is -2.14. The number of hydrogen-bond acceptors (Lipinski definition) is 6. The van der Waals surface area contributed by atoms with Crippen LogP contribution in [0.5, 0.6) is 0 Å². The third kappa shape index (κ3) is 3.12. The van der Waals surface area contributed by atoms with Crippen LogP contribution in [-0.2, 0) is 4.74 Å². The molecule has 1 fully saturated rings. The van der Waals surface area contributed by atoms with E-state index in [0.29, 0.717) is 22.8 Å². The highest BCUT2D eigenvalue weighted by molar-refractivity contribution is 5.83. The number of ether oxygens (including phenoxy) is 1. The smallest absolute Gasteiger partial charge is 0.209 e. The Morgan fingerprint density at radius 1 is 1.23 bits per heavy atom. The minimum atomic E-state index is -0.188. The molecule has 2 aromatic heterocycles. The van der Waals surface area contributed by atoms with Gasteiger partial charge < -0.3 is 15.2 Å². The van der Waals surface area contributed by atoms with Gasteiger partial charge in [-0.15, -0.1) is 0 Å². The summed E-state index contributed by atoms with van der Waals surface area (Å²) in [6, 6.07) is 9.72. The molecule has 2 atom stereocenters. The Bertz CT molecular complexity index is 974. The number of aliphatic hydroxyl groups excluding tert-OH is 1. The molecule has 2 N–H and O–H groups in total. The summed E-state index contributed by atoms with van der Waals surface area (Å²) in [6.45, 7) is 0.0215. The highest BCUT2D eigenvalue weighted by Crippen LogP contribution is 2.31. The summed E-state index contributed by atoms with van der Waals surface area (Å²) in [7, 11) is 1.79. The number of hydrogen-bond donors (Lipinski definition) is 2. The molecule has 3 aromatic rings. The lowest BCUT2D eigenvalue weighted by molar-refractivity contribution is -0.0207. The molecular weight excluding hydrogens is 330 g/mol. The molecule has 1 aliphatic rings. The number of aromatic nitrogens is 4. The van der Waals surface area contributed by atoms with Crippen LogP contribution in [0.4, 0.5) is 5.82 Å². The van der Waals surface area contributed by atoms with Crippen molar-refractivity contribution in [2.75, 3.05) is 19.0 Å². The van der Waals surface area contributed by atoms with Crippen LogP contribution in [0.15, 0.2) is 36.7 Å². The third-order valence-electron chi connectivity index (χ3n) is 4.35. The number of nitrogens with one attached hydrogen (secondary N) is 1. The predicted octanol–water partition coefficient (Wildman–Crippen LogP) is 1.94. The zero-order chi connectivity index (χ0) is 17.9. The van der Waals surface area contributed by atoms with Gasteiger partial charge in [0.1, 0.15) is 6.23 Å². The van der Waals surface area contributed by atoms with Crippen LogP contribution in [0.1, 0.15) is 30.5 Å². The Morgan fingerprint density at radius 3 is 2.81 bits per heavy atom. The summed E-state index contributed by atoms with van der Waals surface area (Å²) in [6.07, 6.45) is 3.00. The first-order valence-electron chi connectivity index (χ1n) is 8.54. The maximum Gasteiger partial charge on any atom is 0.209 e. The second-order valence-electron chi connectivity index (χ2n) is 6.06. The summed E-state index contributed by atoms with van der Waals surface area (Å²) < 4.78 is 7.75. The van der Waals surface area contributed by atoms with Crippen molar-refractivity contribution >= 4 is 17.0 Å². The van der Waals surface area contributed by atoms with Crippen LogP contribution >= 0.6 is 0 Å². The molecule has 4 rings (SSSR count). The minimum absolute atomic E-state index is 0.0215. The Labute approximate surface area is 151 Å². The molecule has 0 aliphatic carbocycles. The van der Waals surface area contributed by atoms with Crippen LogP contribution in [0.3, 0.4) is 0 Å². The van der Waals surface area contributed by atoms with E-state index >= 15 is 0 Å². The van der Waals surface area contributed by atoms with Crippen molar-refractivity contribution in [1.82, 2.24) is 19.5 Å². The first kappa shape index (κ1) is 16.5. The molecule has 0 bridgehead atoms. The Morgan fingerprint density at radius 2 is 2.08 bits per heavy atom. The summed E-state index contributed by atoms with van der Waals surface area (Å²) in [5, 5.41) is 12.4. The average molecular weight is 349 g/mol.